The molecule has 0 amide bonds. The monoisotopic (exact) mass is 406 g/mol. The summed E-state index contributed by atoms with van der Waals surface area (Å²) in [6, 6.07) is 6.14. The highest BCUT2D eigenvalue weighted by Gasteiger charge is 2.46. The number of benzene rings is 1. The Kier molecular flexibility index (Phi) is 5.29. The summed E-state index contributed by atoms with van der Waals surface area (Å²) in [7, 11) is 0. The van der Waals surface area contributed by atoms with Crippen LogP contribution >= 0.6 is 11.6 Å². The first kappa shape index (κ1) is 19.2. The topological polar surface area (TPSA) is 104 Å². The average Bonchev–Trinajstić information content (AvgIpc) is 3.25. The van der Waals surface area contributed by atoms with Crippen LogP contribution in [0.25, 0.3) is 11.0 Å². The van der Waals surface area contributed by atoms with Gasteiger partial charge in [-0.3, -0.25) is 4.39 Å². The Balaban J connectivity index is 1.64. The standard InChI is InChI=1S/C19H20ClFN4O3/c20-11-3-1-10(2-4-11)16(26)12-7-15(18(28)17(12)27)25-19-13(8-24-25)14(5-6-21)22-9-23-19/h1-4,8-9,12,15-18,26-28H,5-7H2/t12-,15-,16?,17-,18+/m1/s1. The van der Waals surface area contributed by atoms with Crippen molar-refractivity contribution in [1.82, 2.24) is 19.7 Å². The van der Waals surface area contributed by atoms with Crippen LogP contribution in [-0.2, 0) is 6.42 Å². The van der Waals surface area contributed by atoms with Crippen molar-refractivity contribution >= 4 is 22.6 Å². The maximum absolute atomic E-state index is 12.8. The molecular weight excluding hydrogens is 387 g/mol. The molecule has 1 fully saturated rings. The van der Waals surface area contributed by atoms with Gasteiger partial charge in [0.2, 0.25) is 0 Å². The smallest absolute Gasteiger partial charge is 0.161 e. The first-order chi connectivity index (χ1) is 13.5. The number of aliphatic hydroxyl groups excluding tert-OH is 3. The number of aromatic nitrogens is 4. The van der Waals surface area contributed by atoms with Gasteiger partial charge in [0.05, 0.1) is 42.2 Å². The molecule has 148 valence electrons. The van der Waals surface area contributed by atoms with Gasteiger partial charge < -0.3 is 15.3 Å². The minimum Gasteiger partial charge on any atom is -0.390 e. The number of halogens is 2. The fraction of sp³-hybridized carbons (Fsp3) is 0.421. The molecule has 28 heavy (non-hydrogen) atoms. The van der Waals surface area contributed by atoms with Crippen LogP contribution < -0.4 is 0 Å². The van der Waals surface area contributed by atoms with E-state index in [-0.39, 0.29) is 6.42 Å². The molecule has 4 rings (SSSR count). The lowest BCUT2D eigenvalue weighted by atomic mass is 9.92. The summed E-state index contributed by atoms with van der Waals surface area (Å²) in [5.74, 6) is -0.590. The first-order valence-corrected chi connectivity index (χ1v) is 9.41. The molecule has 0 bridgehead atoms. The molecule has 0 radical (unpaired) electrons. The Bertz CT molecular complexity index is 967. The van der Waals surface area contributed by atoms with Crippen LogP contribution in [0.5, 0.6) is 0 Å². The summed E-state index contributed by atoms with van der Waals surface area (Å²) in [6.45, 7) is -0.544. The fourth-order valence-electron chi connectivity index (χ4n) is 3.95. The minimum absolute atomic E-state index is 0.151. The Labute approximate surface area is 165 Å². The van der Waals surface area contributed by atoms with Gasteiger partial charge >= 0.3 is 0 Å². The number of hydrogen-bond acceptors (Lipinski definition) is 6. The molecule has 5 atom stereocenters. The molecule has 1 unspecified atom stereocenters. The van der Waals surface area contributed by atoms with E-state index in [4.69, 9.17) is 11.6 Å². The highest BCUT2D eigenvalue weighted by atomic mass is 35.5. The number of nitrogens with zero attached hydrogens (tertiary/aromatic N) is 4. The molecule has 0 spiro atoms. The van der Waals surface area contributed by atoms with Crippen LogP contribution in [0.3, 0.4) is 0 Å². The van der Waals surface area contributed by atoms with Crippen LogP contribution in [0.1, 0.15) is 29.8 Å². The van der Waals surface area contributed by atoms with Gasteiger partial charge in [0, 0.05) is 17.4 Å². The summed E-state index contributed by atoms with van der Waals surface area (Å²) >= 11 is 5.89. The molecule has 1 saturated carbocycles. The van der Waals surface area contributed by atoms with Crippen molar-refractivity contribution in [2.24, 2.45) is 5.92 Å². The summed E-state index contributed by atoms with van der Waals surface area (Å²) in [5.41, 5.74) is 1.63. The van der Waals surface area contributed by atoms with Crippen LogP contribution in [0.15, 0.2) is 36.8 Å². The summed E-state index contributed by atoms with van der Waals surface area (Å²) in [4.78, 5) is 8.32. The third kappa shape index (κ3) is 3.26. The van der Waals surface area contributed by atoms with Crippen molar-refractivity contribution in [3.8, 4) is 0 Å². The quantitative estimate of drug-likeness (QED) is 0.598. The molecule has 1 aromatic carbocycles. The Morgan fingerprint density at radius 1 is 1.18 bits per heavy atom. The number of hydrogen-bond donors (Lipinski definition) is 3. The zero-order valence-corrected chi connectivity index (χ0v) is 15.6. The Morgan fingerprint density at radius 2 is 1.93 bits per heavy atom. The minimum atomic E-state index is -1.14. The van der Waals surface area contributed by atoms with Crippen molar-refractivity contribution in [3.63, 3.8) is 0 Å². The molecule has 2 heterocycles. The molecule has 2 aromatic heterocycles. The van der Waals surface area contributed by atoms with Gasteiger partial charge in [-0.1, -0.05) is 23.7 Å². The van der Waals surface area contributed by atoms with E-state index in [1.54, 1.807) is 30.5 Å². The van der Waals surface area contributed by atoms with E-state index in [9.17, 15) is 19.7 Å². The van der Waals surface area contributed by atoms with E-state index in [2.05, 4.69) is 15.1 Å². The maximum Gasteiger partial charge on any atom is 0.161 e. The predicted molar refractivity (Wildman–Crippen MR) is 101 cm³/mol. The number of alkyl halides is 1. The van der Waals surface area contributed by atoms with Gasteiger partial charge in [-0.2, -0.15) is 5.10 Å². The van der Waals surface area contributed by atoms with E-state index < -0.39 is 36.9 Å². The second-order valence-electron chi connectivity index (χ2n) is 7.03. The van der Waals surface area contributed by atoms with E-state index in [0.717, 1.165) is 0 Å². The van der Waals surface area contributed by atoms with Crippen LogP contribution in [-0.4, -0.2) is 54.0 Å². The highest BCUT2D eigenvalue weighted by molar-refractivity contribution is 6.30. The third-order valence-electron chi connectivity index (χ3n) is 5.43. The molecule has 0 saturated heterocycles. The average molecular weight is 407 g/mol. The molecule has 3 aromatic rings. The van der Waals surface area contributed by atoms with Gasteiger partial charge in [-0.25, -0.2) is 14.6 Å². The molecular formula is C19H20ClFN4O3. The van der Waals surface area contributed by atoms with Crippen molar-refractivity contribution in [1.29, 1.82) is 0 Å². The third-order valence-corrected chi connectivity index (χ3v) is 5.68. The Morgan fingerprint density at radius 3 is 2.64 bits per heavy atom. The maximum atomic E-state index is 12.8. The molecule has 1 aliphatic rings. The largest absolute Gasteiger partial charge is 0.390 e. The summed E-state index contributed by atoms with van der Waals surface area (Å²) in [5, 5.41) is 37.4. The number of fused-ring (bicyclic) bond motifs is 1. The zero-order valence-electron chi connectivity index (χ0n) is 14.9. The van der Waals surface area contributed by atoms with Crippen LogP contribution in [0.2, 0.25) is 5.02 Å². The molecule has 1 aliphatic carbocycles. The molecule has 9 heteroatoms. The van der Waals surface area contributed by atoms with E-state index in [1.807, 2.05) is 0 Å². The second kappa shape index (κ2) is 7.71. The van der Waals surface area contributed by atoms with Gasteiger partial charge in [-0.05, 0) is 24.1 Å². The van der Waals surface area contributed by atoms with Crippen molar-refractivity contribution in [2.45, 2.75) is 37.2 Å². The normalized spacial score (nSPS) is 26.0. The van der Waals surface area contributed by atoms with Gasteiger partial charge in [0.15, 0.2) is 5.65 Å². The van der Waals surface area contributed by atoms with E-state index >= 15 is 0 Å². The SMILES string of the molecule is OC(c1ccc(Cl)cc1)[C@H]1C[C@@H](n2ncc3c(CCF)ncnc32)[C@H](O)[C@@H]1O. The molecule has 0 aliphatic heterocycles. The fourth-order valence-corrected chi connectivity index (χ4v) is 4.07. The lowest BCUT2D eigenvalue weighted by molar-refractivity contribution is -0.0271. The highest BCUT2D eigenvalue weighted by Crippen LogP contribution is 2.42. The van der Waals surface area contributed by atoms with Gasteiger partial charge in [0.25, 0.3) is 0 Å². The summed E-state index contributed by atoms with van der Waals surface area (Å²) < 4.78 is 14.3. The number of aliphatic hydroxyl groups is 3. The number of aryl methyl sites for hydroxylation is 1. The van der Waals surface area contributed by atoms with Gasteiger partial charge in [0.1, 0.15) is 12.4 Å². The van der Waals surface area contributed by atoms with Gasteiger partial charge in [-0.15, -0.1) is 0 Å². The van der Waals surface area contributed by atoms with Crippen LogP contribution in [0.4, 0.5) is 4.39 Å². The molecule has 7 nitrogen and oxygen atoms in total. The predicted octanol–water partition coefficient (Wildman–Crippen LogP) is 2.01. The number of rotatable bonds is 5. The van der Waals surface area contributed by atoms with Crippen LogP contribution in [0, 0.1) is 5.92 Å². The first-order valence-electron chi connectivity index (χ1n) is 9.04. The van der Waals surface area contributed by atoms with E-state index in [1.165, 1.54) is 11.0 Å². The van der Waals surface area contributed by atoms with E-state index in [0.29, 0.717) is 33.7 Å². The Hall–Kier alpha value is -2.13. The van der Waals surface area contributed by atoms with Crippen molar-refractivity contribution < 1.29 is 19.7 Å². The van der Waals surface area contributed by atoms with Crippen molar-refractivity contribution in [3.05, 3.63) is 53.1 Å². The summed E-state index contributed by atoms with van der Waals surface area (Å²) in [6.07, 6.45) is 0.0948. The lowest BCUT2D eigenvalue weighted by Crippen LogP contribution is -2.31. The lowest BCUT2D eigenvalue weighted by Gasteiger charge is -2.22. The second-order valence-corrected chi connectivity index (χ2v) is 7.47. The zero-order chi connectivity index (χ0) is 19.8. The van der Waals surface area contributed by atoms with Crippen molar-refractivity contribution in [2.75, 3.05) is 6.67 Å². The molecule has 3 N–H and O–H groups in total.